The second-order valence-corrected chi connectivity index (χ2v) is 8.24. The number of Topliss-reactive ketones (excluding diaryl/α,β-unsaturated/α-hetero) is 1. The third-order valence-corrected chi connectivity index (χ3v) is 5.37. The minimum Gasteiger partial charge on any atom is -0.454 e. The van der Waals surface area contributed by atoms with Crippen LogP contribution in [0.4, 0.5) is 0 Å². The molecule has 0 atom stereocenters. The highest BCUT2D eigenvalue weighted by atomic mass is 32.2. The summed E-state index contributed by atoms with van der Waals surface area (Å²) in [6.45, 7) is 4.51. The molecule has 0 aliphatic carbocycles. The van der Waals surface area contributed by atoms with Crippen LogP contribution in [-0.2, 0) is 25.9 Å². The van der Waals surface area contributed by atoms with Crippen LogP contribution < -0.4 is 0 Å². The van der Waals surface area contributed by atoms with Gasteiger partial charge in [-0.2, -0.15) is 0 Å². The third-order valence-electron chi connectivity index (χ3n) is 4.25. The Morgan fingerprint density at radius 2 is 1.74 bits per heavy atom. The van der Waals surface area contributed by atoms with Crippen LogP contribution in [0.1, 0.15) is 32.1 Å². The number of hydrogen-bond donors (Lipinski definition) is 0. The molecule has 0 saturated carbocycles. The SMILES string of the molecule is COCCn1c(C)cc(C(=O)COC(=O)c2ccc(S(C)(=O)=O)cc2)c1C. The molecular weight excluding hydrogens is 370 g/mol. The standard InChI is InChI=1S/C19H23NO6S/c1-13-11-17(14(2)20(13)9-10-25-3)18(21)12-26-19(22)15-5-7-16(8-6-15)27(4,23)24/h5-8,11H,9-10,12H2,1-4H3. The summed E-state index contributed by atoms with van der Waals surface area (Å²) in [5, 5.41) is 0. The average molecular weight is 393 g/mol. The van der Waals surface area contributed by atoms with Crippen molar-refractivity contribution in [3.63, 3.8) is 0 Å². The summed E-state index contributed by atoms with van der Waals surface area (Å²) in [6, 6.07) is 7.15. The van der Waals surface area contributed by atoms with Gasteiger partial charge in [0, 0.05) is 36.9 Å². The van der Waals surface area contributed by atoms with Gasteiger partial charge in [-0.25, -0.2) is 13.2 Å². The first-order valence-electron chi connectivity index (χ1n) is 8.31. The van der Waals surface area contributed by atoms with E-state index in [1.165, 1.54) is 24.3 Å². The summed E-state index contributed by atoms with van der Waals surface area (Å²) in [7, 11) is -1.72. The van der Waals surface area contributed by atoms with Crippen molar-refractivity contribution >= 4 is 21.6 Å². The van der Waals surface area contributed by atoms with Crippen LogP contribution >= 0.6 is 0 Å². The van der Waals surface area contributed by atoms with E-state index >= 15 is 0 Å². The van der Waals surface area contributed by atoms with Crippen molar-refractivity contribution in [3.05, 3.63) is 52.8 Å². The molecule has 2 rings (SSSR count). The summed E-state index contributed by atoms with van der Waals surface area (Å²) in [6.07, 6.45) is 1.09. The Morgan fingerprint density at radius 3 is 2.30 bits per heavy atom. The highest BCUT2D eigenvalue weighted by Gasteiger charge is 2.18. The molecule has 7 nitrogen and oxygen atoms in total. The number of nitrogens with zero attached hydrogens (tertiary/aromatic N) is 1. The number of carbonyl (C=O) groups excluding carboxylic acids is 2. The number of sulfone groups is 1. The van der Waals surface area contributed by atoms with E-state index in [0.29, 0.717) is 18.7 Å². The molecule has 0 radical (unpaired) electrons. The number of ether oxygens (including phenoxy) is 2. The van der Waals surface area contributed by atoms with Crippen LogP contribution in [0.5, 0.6) is 0 Å². The van der Waals surface area contributed by atoms with E-state index in [9.17, 15) is 18.0 Å². The Balaban J connectivity index is 2.04. The summed E-state index contributed by atoms with van der Waals surface area (Å²) >= 11 is 0. The number of ketones is 1. The predicted octanol–water partition coefficient (Wildman–Crippen LogP) is 2.19. The van der Waals surface area contributed by atoms with Crippen molar-refractivity contribution in [3.8, 4) is 0 Å². The summed E-state index contributed by atoms with van der Waals surface area (Å²) in [5.41, 5.74) is 2.41. The van der Waals surface area contributed by atoms with Gasteiger partial charge in [-0.15, -0.1) is 0 Å². The van der Waals surface area contributed by atoms with E-state index in [-0.39, 0.29) is 22.8 Å². The number of rotatable bonds is 8. The Labute approximate surface area is 158 Å². The van der Waals surface area contributed by atoms with Crippen molar-refractivity contribution in [2.45, 2.75) is 25.3 Å². The van der Waals surface area contributed by atoms with Gasteiger partial charge in [-0.05, 0) is 44.2 Å². The maximum atomic E-state index is 12.4. The fraction of sp³-hybridized carbons (Fsp3) is 0.368. The summed E-state index contributed by atoms with van der Waals surface area (Å²) in [4.78, 5) is 24.6. The zero-order valence-electron chi connectivity index (χ0n) is 15.8. The van der Waals surface area contributed by atoms with Gasteiger partial charge in [0.05, 0.1) is 17.1 Å². The maximum Gasteiger partial charge on any atom is 0.338 e. The second kappa shape index (κ2) is 8.49. The quantitative estimate of drug-likeness (QED) is 0.504. The number of hydrogen-bond acceptors (Lipinski definition) is 6. The van der Waals surface area contributed by atoms with Crippen LogP contribution in [0.15, 0.2) is 35.2 Å². The highest BCUT2D eigenvalue weighted by Crippen LogP contribution is 2.16. The first-order valence-corrected chi connectivity index (χ1v) is 10.2. The zero-order valence-corrected chi connectivity index (χ0v) is 16.6. The van der Waals surface area contributed by atoms with Gasteiger partial charge in [0.25, 0.3) is 0 Å². The summed E-state index contributed by atoms with van der Waals surface area (Å²) in [5.74, 6) is -0.982. The van der Waals surface area contributed by atoms with Crippen molar-refractivity contribution in [2.75, 3.05) is 26.6 Å². The Kier molecular flexibility index (Phi) is 6.56. The van der Waals surface area contributed by atoms with E-state index < -0.39 is 15.8 Å². The summed E-state index contributed by atoms with van der Waals surface area (Å²) < 4.78 is 35.0. The number of esters is 1. The minimum atomic E-state index is -3.34. The van der Waals surface area contributed by atoms with Gasteiger partial charge < -0.3 is 14.0 Å². The predicted molar refractivity (Wildman–Crippen MR) is 99.9 cm³/mol. The van der Waals surface area contributed by atoms with Crippen LogP contribution in [0.25, 0.3) is 0 Å². The van der Waals surface area contributed by atoms with Gasteiger partial charge in [-0.1, -0.05) is 0 Å². The highest BCUT2D eigenvalue weighted by molar-refractivity contribution is 7.90. The minimum absolute atomic E-state index is 0.110. The van der Waals surface area contributed by atoms with Gasteiger partial charge >= 0.3 is 5.97 Å². The lowest BCUT2D eigenvalue weighted by Gasteiger charge is -2.09. The molecule has 146 valence electrons. The topological polar surface area (TPSA) is 91.7 Å². The van der Waals surface area contributed by atoms with Gasteiger partial charge in [0.15, 0.2) is 16.4 Å². The molecule has 0 aliphatic rings. The third kappa shape index (κ3) is 5.05. The van der Waals surface area contributed by atoms with Gasteiger partial charge in [0.2, 0.25) is 5.78 Å². The van der Waals surface area contributed by atoms with Crippen LogP contribution in [0.2, 0.25) is 0 Å². The first kappa shape index (κ1) is 20.9. The Morgan fingerprint density at radius 1 is 1.11 bits per heavy atom. The van der Waals surface area contributed by atoms with E-state index in [1.54, 1.807) is 13.2 Å². The normalized spacial score (nSPS) is 11.4. The number of aromatic nitrogens is 1. The van der Waals surface area contributed by atoms with E-state index in [4.69, 9.17) is 9.47 Å². The van der Waals surface area contributed by atoms with Crippen molar-refractivity contribution in [2.24, 2.45) is 0 Å². The molecule has 0 unspecified atom stereocenters. The number of carbonyl (C=O) groups is 2. The Hall–Kier alpha value is -2.45. The van der Waals surface area contributed by atoms with Crippen molar-refractivity contribution in [1.29, 1.82) is 0 Å². The molecule has 0 amide bonds. The van der Waals surface area contributed by atoms with Crippen molar-refractivity contribution in [1.82, 2.24) is 4.57 Å². The molecule has 0 bridgehead atoms. The van der Waals surface area contributed by atoms with Gasteiger partial charge in [0.1, 0.15) is 0 Å². The second-order valence-electron chi connectivity index (χ2n) is 6.23. The smallest absolute Gasteiger partial charge is 0.338 e. The monoisotopic (exact) mass is 393 g/mol. The molecule has 8 heteroatoms. The van der Waals surface area contributed by atoms with E-state index in [1.807, 2.05) is 18.4 Å². The molecule has 0 spiro atoms. The molecule has 1 heterocycles. The lowest BCUT2D eigenvalue weighted by atomic mass is 10.1. The molecule has 27 heavy (non-hydrogen) atoms. The first-order chi connectivity index (χ1) is 12.6. The zero-order chi connectivity index (χ0) is 20.2. The lowest BCUT2D eigenvalue weighted by Crippen LogP contribution is -2.15. The molecule has 0 saturated heterocycles. The molecule has 0 aliphatic heterocycles. The molecule has 2 aromatic rings. The molecule has 1 aromatic heterocycles. The average Bonchev–Trinajstić information content (AvgIpc) is 2.91. The van der Waals surface area contributed by atoms with E-state index in [0.717, 1.165) is 17.6 Å². The van der Waals surface area contributed by atoms with Crippen LogP contribution in [0, 0.1) is 13.8 Å². The Bertz CT molecular complexity index is 941. The lowest BCUT2D eigenvalue weighted by molar-refractivity contribution is 0.0474. The number of methoxy groups -OCH3 is 1. The van der Waals surface area contributed by atoms with Crippen LogP contribution in [-0.4, -0.2) is 51.3 Å². The fourth-order valence-electron chi connectivity index (χ4n) is 2.74. The number of aryl methyl sites for hydroxylation is 1. The fourth-order valence-corrected chi connectivity index (χ4v) is 3.37. The number of benzene rings is 1. The van der Waals surface area contributed by atoms with Gasteiger partial charge in [-0.3, -0.25) is 4.79 Å². The molecule has 1 aromatic carbocycles. The molecule has 0 fully saturated rings. The van der Waals surface area contributed by atoms with Crippen molar-refractivity contribution < 1.29 is 27.5 Å². The largest absolute Gasteiger partial charge is 0.454 e. The molecular formula is C19H23NO6S. The molecule has 0 N–H and O–H groups in total. The maximum absolute atomic E-state index is 12.4. The van der Waals surface area contributed by atoms with Crippen LogP contribution in [0.3, 0.4) is 0 Å². The van der Waals surface area contributed by atoms with E-state index in [2.05, 4.69) is 0 Å².